The summed E-state index contributed by atoms with van der Waals surface area (Å²) in [6, 6.07) is 10.0. The van der Waals surface area contributed by atoms with Crippen LogP contribution >= 0.6 is 12.2 Å². The van der Waals surface area contributed by atoms with Gasteiger partial charge < -0.3 is 14.6 Å². The summed E-state index contributed by atoms with van der Waals surface area (Å²) in [5.41, 5.74) is 0.977. The van der Waals surface area contributed by atoms with Crippen LogP contribution in [0.15, 0.2) is 40.9 Å². The Morgan fingerprint density at radius 1 is 1.35 bits per heavy atom. The van der Waals surface area contributed by atoms with E-state index in [1.54, 1.807) is 6.20 Å². The van der Waals surface area contributed by atoms with Gasteiger partial charge in [-0.1, -0.05) is 6.07 Å². The summed E-state index contributed by atoms with van der Waals surface area (Å²) in [7, 11) is 0. The van der Waals surface area contributed by atoms with Crippen molar-refractivity contribution in [3.8, 4) is 0 Å². The van der Waals surface area contributed by atoms with Crippen molar-refractivity contribution >= 4 is 17.3 Å². The molecular formula is C15H17N3OS. The highest BCUT2D eigenvalue weighted by Crippen LogP contribution is 2.38. The highest BCUT2D eigenvalue weighted by atomic mass is 32.1. The molecule has 0 aliphatic carbocycles. The first kappa shape index (κ1) is 13.1. The summed E-state index contributed by atoms with van der Waals surface area (Å²) in [4.78, 5) is 6.60. The molecule has 0 spiro atoms. The van der Waals surface area contributed by atoms with Crippen molar-refractivity contribution in [1.82, 2.24) is 15.2 Å². The third-order valence-corrected chi connectivity index (χ3v) is 3.94. The Kier molecular flexibility index (Phi) is 3.44. The van der Waals surface area contributed by atoms with Gasteiger partial charge in [-0.25, -0.2) is 0 Å². The predicted octanol–water partition coefficient (Wildman–Crippen LogP) is 2.98. The SMILES string of the molecule is CCN1C(=S)NC(c2ccccn2)C1c1ccc(C)o1. The lowest BCUT2D eigenvalue weighted by Crippen LogP contribution is -2.29. The molecule has 2 atom stereocenters. The van der Waals surface area contributed by atoms with Gasteiger partial charge in [0.05, 0.1) is 11.7 Å². The fourth-order valence-corrected chi connectivity index (χ4v) is 3.04. The maximum absolute atomic E-state index is 5.83. The third kappa shape index (κ3) is 2.18. The van der Waals surface area contributed by atoms with E-state index in [-0.39, 0.29) is 12.1 Å². The molecule has 2 aromatic heterocycles. The summed E-state index contributed by atoms with van der Waals surface area (Å²) in [6.45, 7) is 4.88. The number of likely N-dealkylation sites (N-methyl/N-ethyl adjacent to an activating group) is 1. The van der Waals surface area contributed by atoms with E-state index in [9.17, 15) is 0 Å². The molecular weight excluding hydrogens is 270 g/mol. The van der Waals surface area contributed by atoms with Crippen LogP contribution in [0.5, 0.6) is 0 Å². The van der Waals surface area contributed by atoms with Crippen molar-refractivity contribution < 1.29 is 4.42 Å². The molecule has 3 heterocycles. The van der Waals surface area contributed by atoms with Crippen LogP contribution in [0.2, 0.25) is 0 Å². The average Bonchev–Trinajstić information content (AvgIpc) is 3.03. The lowest BCUT2D eigenvalue weighted by Gasteiger charge is -2.24. The number of hydrogen-bond donors (Lipinski definition) is 1. The van der Waals surface area contributed by atoms with Crippen molar-refractivity contribution in [3.05, 3.63) is 53.7 Å². The monoisotopic (exact) mass is 287 g/mol. The molecule has 4 nitrogen and oxygen atoms in total. The highest BCUT2D eigenvalue weighted by Gasteiger charge is 2.40. The number of pyridine rings is 1. The number of thiocarbonyl (C=S) groups is 1. The smallest absolute Gasteiger partial charge is 0.170 e. The van der Waals surface area contributed by atoms with Gasteiger partial charge in [0, 0.05) is 12.7 Å². The van der Waals surface area contributed by atoms with Crippen molar-refractivity contribution in [2.45, 2.75) is 25.9 Å². The second kappa shape index (κ2) is 5.25. The Morgan fingerprint density at radius 3 is 2.80 bits per heavy atom. The van der Waals surface area contributed by atoms with Gasteiger partial charge in [-0.2, -0.15) is 0 Å². The fourth-order valence-electron chi connectivity index (χ4n) is 2.67. The van der Waals surface area contributed by atoms with E-state index in [1.807, 2.05) is 37.3 Å². The maximum atomic E-state index is 5.83. The zero-order valence-electron chi connectivity index (χ0n) is 11.5. The van der Waals surface area contributed by atoms with Crippen molar-refractivity contribution in [2.24, 2.45) is 0 Å². The summed E-state index contributed by atoms with van der Waals surface area (Å²) in [6.07, 6.45) is 1.80. The lowest BCUT2D eigenvalue weighted by atomic mass is 10.0. The molecule has 1 aliphatic rings. The lowest BCUT2D eigenvalue weighted by molar-refractivity contribution is 0.278. The van der Waals surface area contributed by atoms with Gasteiger partial charge in [0.2, 0.25) is 0 Å². The van der Waals surface area contributed by atoms with Gasteiger partial charge in [-0.05, 0) is 50.3 Å². The van der Waals surface area contributed by atoms with Gasteiger partial charge in [0.25, 0.3) is 0 Å². The van der Waals surface area contributed by atoms with Crippen LogP contribution in [-0.2, 0) is 0 Å². The van der Waals surface area contributed by atoms with Crippen molar-refractivity contribution in [2.75, 3.05) is 6.54 Å². The Labute approximate surface area is 123 Å². The van der Waals surface area contributed by atoms with Crippen LogP contribution in [0.3, 0.4) is 0 Å². The predicted molar refractivity (Wildman–Crippen MR) is 81.3 cm³/mol. The minimum absolute atomic E-state index is 0.0224. The quantitative estimate of drug-likeness (QED) is 0.879. The molecule has 2 aromatic rings. The zero-order chi connectivity index (χ0) is 14.1. The summed E-state index contributed by atoms with van der Waals surface area (Å²) >= 11 is 5.45. The van der Waals surface area contributed by atoms with E-state index >= 15 is 0 Å². The zero-order valence-corrected chi connectivity index (χ0v) is 12.4. The van der Waals surface area contributed by atoms with Crippen molar-refractivity contribution in [1.29, 1.82) is 0 Å². The van der Waals surface area contributed by atoms with Crippen LogP contribution < -0.4 is 5.32 Å². The largest absolute Gasteiger partial charge is 0.464 e. The van der Waals surface area contributed by atoms with Crippen LogP contribution in [0.1, 0.15) is 36.2 Å². The molecule has 104 valence electrons. The number of furan rings is 1. The van der Waals surface area contributed by atoms with Gasteiger partial charge in [0.1, 0.15) is 17.6 Å². The Bertz CT molecular complexity index is 611. The molecule has 1 saturated heterocycles. The molecule has 0 bridgehead atoms. The van der Waals surface area contributed by atoms with Crippen LogP contribution in [0.25, 0.3) is 0 Å². The minimum Gasteiger partial charge on any atom is -0.464 e. The van der Waals surface area contributed by atoms with E-state index in [0.29, 0.717) is 0 Å². The molecule has 1 aliphatic heterocycles. The average molecular weight is 287 g/mol. The molecule has 1 N–H and O–H groups in total. The molecule has 2 unspecified atom stereocenters. The Morgan fingerprint density at radius 2 is 2.20 bits per heavy atom. The molecule has 0 radical (unpaired) electrons. The van der Waals surface area contributed by atoms with E-state index < -0.39 is 0 Å². The number of aromatic nitrogens is 1. The Hall–Kier alpha value is -1.88. The van der Waals surface area contributed by atoms with Gasteiger partial charge in [-0.15, -0.1) is 0 Å². The molecule has 0 amide bonds. The van der Waals surface area contributed by atoms with Gasteiger partial charge in [0.15, 0.2) is 5.11 Å². The molecule has 0 saturated carbocycles. The van der Waals surface area contributed by atoms with Crippen LogP contribution in [0.4, 0.5) is 0 Å². The minimum atomic E-state index is 0.0224. The molecule has 20 heavy (non-hydrogen) atoms. The summed E-state index contributed by atoms with van der Waals surface area (Å²) in [5, 5.41) is 4.12. The second-order valence-electron chi connectivity index (χ2n) is 4.86. The topological polar surface area (TPSA) is 41.3 Å². The second-order valence-corrected chi connectivity index (χ2v) is 5.25. The van der Waals surface area contributed by atoms with Gasteiger partial charge >= 0.3 is 0 Å². The first-order valence-corrected chi connectivity index (χ1v) is 7.16. The van der Waals surface area contributed by atoms with Crippen molar-refractivity contribution in [3.63, 3.8) is 0 Å². The molecule has 0 aromatic carbocycles. The number of nitrogens with one attached hydrogen (secondary N) is 1. The molecule has 3 rings (SSSR count). The number of rotatable bonds is 3. The number of hydrogen-bond acceptors (Lipinski definition) is 3. The summed E-state index contributed by atoms with van der Waals surface area (Å²) in [5.74, 6) is 1.83. The van der Waals surface area contributed by atoms with Crippen LogP contribution in [-0.4, -0.2) is 21.5 Å². The number of nitrogens with zero attached hydrogens (tertiary/aromatic N) is 2. The van der Waals surface area contributed by atoms with E-state index in [0.717, 1.165) is 28.9 Å². The molecule has 1 fully saturated rings. The third-order valence-electron chi connectivity index (χ3n) is 3.59. The highest BCUT2D eigenvalue weighted by molar-refractivity contribution is 7.80. The number of aryl methyl sites for hydroxylation is 1. The first-order chi connectivity index (χ1) is 9.70. The van der Waals surface area contributed by atoms with E-state index in [4.69, 9.17) is 16.6 Å². The standard InChI is InChI=1S/C15H17N3OS/c1-3-18-14(12-8-7-10(2)19-12)13(17-15(18)20)11-6-4-5-9-16-11/h4-9,13-14H,3H2,1-2H3,(H,17,20). The van der Waals surface area contributed by atoms with E-state index in [2.05, 4.69) is 22.1 Å². The van der Waals surface area contributed by atoms with E-state index in [1.165, 1.54) is 0 Å². The van der Waals surface area contributed by atoms with Crippen LogP contribution in [0, 0.1) is 6.92 Å². The normalized spacial score (nSPS) is 22.1. The first-order valence-electron chi connectivity index (χ1n) is 6.75. The summed E-state index contributed by atoms with van der Waals surface area (Å²) < 4.78 is 5.83. The maximum Gasteiger partial charge on any atom is 0.170 e. The molecule has 5 heteroatoms. The Balaban J connectivity index is 2.02. The van der Waals surface area contributed by atoms with Gasteiger partial charge in [-0.3, -0.25) is 4.98 Å². The fraction of sp³-hybridized carbons (Fsp3) is 0.333.